The smallest absolute Gasteiger partial charge is 0.178 e. The lowest BCUT2D eigenvalue weighted by atomic mass is 10.0. The molecule has 0 saturated heterocycles. The molecule has 3 rings (SSSR count). The highest BCUT2D eigenvalue weighted by Gasteiger charge is 2.29. The summed E-state index contributed by atoms with van der Waals surface area (Å²) in [4.78, 5) is 0.470. The Morgan fingerprint density at radius 2 is 1.81 bits per heavy atom. The van der Waals surface area contributed by atoms with Crippen molar-refractivity contribution in [1.82, 2.24) is 0 Å². The molecule has 0 aliphatic carbocycles. The van der Waals surface area contributed by atoms with Crippen molar-refractivity contribution in [2.24, 2.45) is 0 Å². The second kappa shape index (κ2) is 5.19. The maximum atomic E-state index is 12.1. The number of benzene rings is 2. The van der Waals surface area contributed by atoms with E-state index in [1.165, 1.54) is 11.1 Å². The largest absolute Gasteiger partial charge is 0.378 e. The summed E-state index contributed by atoms with van der Waals surface area (Å²) in [5, 5.41) is 3.48. The van der Waals surface area contributed by atoms with E-state index in [0.717, 1.165) is 11.3 Å². The first kappa shape index (κ1) is 14.1. The Balaban J connectivity index is 1.95. The molecular formula is C17H19NO2S. The molecule has 1 N–H and O–H groups in total. The number of nitrogens with one attached hydrogen (secondary N) is 1. The average molecular weight is 301 g/mol. The first-order valence-corrected chi connectivity index (χ1v) is 8.78. The molecule has 0 spiro atoms. The molecule has 1 atom stereocenters. The molecule has 0 bridgehead atoms. The van der Waals surface area contributed by atoms with Crippen LogP contribution < -0.4 is 5.32 Å². The van der Waals surface area contributed by atoms with Gasteiger partial charge < -0.3 is 5.32 Å². The maximum Gasteiger partial charge on any atom is 0.178 e. The third-order valence-corrected chi connectivity index (χ3v) is 5.97. The SMILES string of the molecule is Cc1ccc(NC2CCS(=O)(=O)c3ccccc32)cc1C. The number of aryl methyl sites for hydroxylation is 2. The Bertz CT molecular complexity index is 781. The lowest BCUT2D eigenvalue weighted by Crippen LogP contribution is -2.24. The van der Waals surface area contributed by atoms with Crippen LogP contribution in [0.1, 0.15) is 29.2 Å². The Labute approximate surface area is 125 Å². The van der Waals surface area contributed by atoms with Gasteiger partial charge in [-0.1, -0.05) is 24.3 Å². The Kier molecular flexibility index (Phi) is 3.49. The number of rotatable bonds is 2. The third kappa shape index (κ3) is 2.68. The van der Waals surface area contributed by atoms with Crippen LogP contribution in [0.2, 0.25) is 0 Å². The van der Waals surface area contributed by atoms with Gasteiger partial charge in [-0.25, -0.2) is 8.42 Å². The van der Waals surface area contributed by atoms with Gasteiger partial charge in [-0.3, -0.25) is 0 Å². The highest BCUT2D eigenvalue weighted by Crippen LogP contribution is 2.34. The highest BCUT2D eigenvalue weighted by molar-refractivity contribution is 7.91. The fourth-order valence-electron chi connectivity index (χ4n) is 2.77. The van der Waals surface area contributed by atoms with Crippen LogP contribution in [0, 0.1) is 13.8 Å². The van der Waals surface area contributed by atoms with Gasteiger partial charge in [0.15, 0.2) is 9.84 Å². The molecular weight excluding hydrogens is 282 g/mol. The van der Waals surface area contributed by atoms with Crippen LogP contribution in [0.15, 0.2) is 47.4 Å². The second-order valence-electron chi connectivity index (χ2n) is 5.64. The maximum absolute atomic E-state index is 12.1. The molecule has 21 heavy (non-hydrogen) atoms. The predicted octanol–water partition coefficient (Wildman–Crippen LogP) is 3.63. The van der Waals surface area contributed by atoms with Gasteiger partial charge in [0, 0.05) is 5.69 Å². The molecule has 2 aromatic carbocycles. The molecule has 1 aliphatic rings. The van der Waals surface area contributed by atoms with E-state index >= 15 is 0 Å². The summed E-state index contributed by atoms with van der Waals surface area (Å²) >= 11 is 0. The van der Waals surface area contributed by atoms with E-state index in [0.29, 0.717) is 11.3 Å². The first-order chi connectivity index (χ1) is 9.97. The summed E-state index contributed by atoms with van der Waals surface area (Å²) in [6.07, 6.45) is 0.603. The van der Waals surface area contributed by atoms with Crippen molar-refractivity contribution in [2.75, 3.05) is 11.1 Å². The minimum atomic E-state index is -3.12. The van der Waals surface area contributed by atoms with Gasteiger partial charge >= 0.3 is 0 Å². The molecule has 3 nitrogen and oxygen atoms in total. The van der Waals surface area contributed by atoms with Gasteiger partial charge in [-0.2, -0.15) is 0 Å². The van der Waals surface area contributed by atoms with Gasteiger partial charge in [0.2, 0.25) is 0 Å². The van der Waals surface area contributed by atoms with Crippen molar-refractivity contribution < 1.29 is 8.42 Å². The molecule has 1 aliphatic heterocycles. The molecule has 110 valence electrons. The zero-order valence-corrected chi connectivity index (χ0v) is 13.1. The Morgan fingerprint density at radius 3 is 2.57 bits per heavy atom. The van der Waals surface area contributed by atoms with E-state index in [-0.39, 0.29) is 11.8 Å². The van der Waals surface area contributed by atoms with Crippen LogP contribution in [-0.2, 0) is 9.84 Å². The summed E-state index contributed by atoms with van der Waals surface area (Å²) in [7, 11) is -3.12. The molecule has 0 amide bonds. The second-order valence-corrected chi connectivity index (χ2v) is 7.72. The van der Waals surface area contributed by atoms with Crippen molar-refractivity contribution in [3.8, 4) is 0 Å². The zero-order valence-electron chi connectivity index (χ0n) is 12.3. The number of fused-ring (bicyclic) bond motifs is 1. The summed E-state index contributed by atoms with van der Waals surface area (Å²) < 4.78 is 24.3. The first-order valence-electron chi connectivity index (χ1n) is 7.13. The normalized spacial score (nSPS) is 19.8. The number of hydrogen-bond donors (Lipinski definition) is 1. The van der Waals surface area contributed by atoms with Crippen molar-refractivity contribution in [1.29, 1.82) is 0 Å². The fraction of sp³-hybridized carbons (Fsp3) is 0.294. The summed E-state index contributed by atoms with van der Waals surface area (Å²) in [6.45, 7) is 4.17. The van der Waals surface area contributed by atoms with Crippen LogP contribution in [0.5, 0.6) is 0 Å². The van der Waals surface area contributed by atoms with Gasteiger partial charge in [0.1, 0.15) is 0 Å². The topological polar surface area (TPSA) is 46.2 Å². The molecule has 2 aromatic rings. The van der Waals surface area contributed by atoms with Crippen LogP contribution >= 0.6 is 0 Å². The molecule has 1 unspecified atom stereocenters. The molecule has 4 heteroatoms. The van der Waals surface area contributed by atoms with Crippen LogP contribution in [-0.4, -0.2) is 14.2 Å². The average Bonchev–Trinajstić information content (AvgIpc) is 2.46. The Morgan fingerprint density at radius 1 is 1.05 bits per heavy atom. The molecule has 0 saturated carbocycles. The van der Waals surface area contributed by atoms with E-state index < -0.39 is 9.84 Å². The standard InChI is InChI=1S/C17H19NO2S/c1-12-7-8-14(11-13(12)2)18-16-9-10-21(19,20)17-6-4-3-5-15(16)17/h3-8,11,16,18H,9-10H2,1-2H3. The van der Waals surface area contributed by atoms with Crippen molar-refractivity contribution in [3.63, 3.8) is 0 Å². The summed E-state index contributed by atoms with van der Waals surface area (Å²) in [6, 6.07) is 13.6. The van der Waals surface area contributed by atoms with E-state index in [2.05, 4.69) is 31.3 Å². The minimum Gasteiger partial charge on any atom is -0.378 e. The van der Waals surface area contributed by atoms with E-state index in [4.69, 9.17) is 0 Å². The monoisotopic (exact) mass is 301 g/mol. The van der Waals surface area contributed by atoms with Crippen molar-refractivity contribution in [2.45, 2.75) is 31.2 Å². The van der Waals surface area contributed by atoms with Gasteiger partial charge in [0.05, 0.1) is 16.7 Å². The molecule has 0 fully saturated rings. The van der Waals surface area contributed by atoms with Crippen molar-refractivity contribution >= 4 is 15.5 Å². The molecule has 0 aromatic heterocycles. The van der Waals surface area contributed by atoms with Gasteiger partial charge in [-0.05, 0) is 55.2 Å². The lowest BCUT2D eigenvalue weighted by molar-refractivity contribution is 0.576. The fourth-order valence-corrected chi connectivity index (χ4v) is 4.39. The number of sulfone groups is 1. The molecule has 0 radical (unpaired) electrons. The summed E-state index contributed by atoms with van der Waals surface area (Å²) in [5.41, 5.74) is 4.41. The summed E-state index contributed by atoms with van der Waals surface area (Å²) in [5.74, 6) is 0.201. The zero-order chi connectivity index (χ0) is 15.0. The van der Waals surface area contributed by atoms with E-state index in [1.807, 2.05) is 18.2 Å². The van der Waals surface area contributed by atoms with Crippen molar-refractivity contribution in [3.05, 3.63) is 59.2 Å². The Hall–Kier alpha value is -1.81. The third-order valence-electron chi connectivity index (χ3n) is 4.15. The lowest BCUT2D eigenvalue weighted by Gasteiger charge is -2.27. The minimum absolute atomic E-state index is 0.0480. The predicted molar refractivity (Wildman–Crippen MR) is 85.4 cm³/mol. The quantitative estimate of drug-likeness (QED) is 0.921. The van der Waals surface area contributed by atoms with E-state index in [1.54, 1.807) is 12.1 Å². The van der Waals surface area contributed by atoms with E-state index in [9.17, 15) is 8.42 Å². The van der Waals surface area contributed by atoms with Crippen LogP contribution in [0.25, 0.3) is 0 Å². The molecule has 1 heterocycles. The van der Waals surface area contributed by atoms with Gasteiger partial charge in [0.25, 0.3) is 0 Å². The van der Waals surface area contributed by atoms with Crippen LogP contribution in [0.3, 0.4) is 0 Å². The highest BCUT2D eigenvalue weighted by atomic mass is 32.2. The number of anilines is 1. The van der Waals surface area contributed by atoms with Crippen LogP contribution in [0.4, 0.5) is 5.69 Å². The van der Waals surface area contributed by atoms with Gasteiger partial charge in [-0.15, -0.1) is 0 Å². The number of hydrogen-bond acceptors (Lipinski definition) is 3.